The van der Waals surface area contributed by atoms with Gasteiger partial charge in [-0.1, -0.05) is 25.5 Å². The van der Waals surface area contributed by atoms with Gasteiger partial charge in [0.2, 0.25) is 0 Å². The van der Waals surface area contributed by atoms with Gasteiger partial charge in [0, 0.05) is 12.8 Å². The van der Waals surface area contributed by atoms with Crippen LogP contribution in [0, 0.1) is 5.92 Å². The maximum atomic E-state index is 10.9. The van der Waals surface area contributed by atoms with Gasteiger partial charge in [-0.3, -0.25) is 4.79 Å². The lowest BCUT2D eigenvalue weighted by molar-refractivity contribution is -0.120. The predicted molar refractivity (Wildman–Crippen MR) is 51.0 cm³/mol. The van der Waals surface area contributed by atoms with Gasteiger partial charge in [0.15, 0.2) is 0 Å². The molecule has 0 aliphatic heterocycles. The van der Waals surface area contributed by atoms with Crippen molar-refractivity contribution in [2.24, 2.45) is 5.92 Å². The van der Waals surface area contributed by atoms with Gasteiger partial charge in [-0.05, 0) is 25.2 Å². The molecule has 1 nitrogen and oxygen atoms in total. The van der Waals surface area contributed by atoms with Gasteiger partial charge in [0.05, 0.1) is 0 Å². The predicted octanol–water partition coefficient (Wildman–Crippen LogP) is 3.10. The molecule has 0 atom stereocenters. The van der Waals surface area contributed by atoms with Crippen LogP contribution in [0.5, 0.6) is 0 Å². The van der Waals surface area contributed by atoms with Crippen LogP contribution < -0.4 is 0 Å². The highest BCUT2D eigenvalue weighted by molar-refractivity contribution is 5.79. The lowest BCUT2D eigenvalue weighted by Gasteiger charge is -2.16. The van der Waals surface area contributed by atoms with E-state index in [2.05, 4.69) is 19.1 Å². The van der Waals surface area contributed by atoms with Crippen molar-refractivity contribution in [2.45, 2.75) is 45.4 Å². The summed E-state index contributed by atoms with van der Waals surface area (Å²) in [6.45, 7) is 2.19. The van der Waals surface area contributed by atoms with Crippen LogP contribution in [0.2, 0.25) is 0 Å². The summed E-state index contributed by atoms with van der Waals surface area (Å²) in [6.07, 6.45) is 10.8. The first-order valence-electron chi connectivity index (χ1n) is 5.01. The fourth-order valence-corrected chi connectivity index (χ4v) is 1.61. The van der Waals surface area contributed by atoms with Crippen LogP contribution in [0.1, 0.15) is 45.4 Å². The highest BCUT2D eigenvalue weighted by Gasteiger charge is 2.15. The molecule has 0 aromatic rings. The van der Waals surface area contributed by atoms with Gasteiger partial charge >= 0.3 is 0 Å². The third-order valence-corrected chi connectivity index (χ3v) is 2.45. The van der Waals surface area contributed by atoms with Gasteiger partial charge in [-0.25, -0.2) is 0 Å². The van der Waals surface area contributed by atoms with Gasteiger partial charge < -0.3 is 0 Å². The molecule has 1 rings (SSSR count). The fourth-order valence-electron chi connectivity index (χ4n) is 1.61. The second-order valence-corrected chi connectivity index (χ2v) is 3.59. The molecule has 1 heteroatoms. The molecular weight excluding hydrogens is 148 g/mol. The van der Waals surface area contributed by atoms with E-state index in [-0.39, 0.29) is 0 Å². The number of carbonyl (C=O) groups excluding carboxylic acids is 1. The third-order valence-electron chi connectivity index (χ3n) is 2.45. The van der Waals surface area contributed by atoms with Crippen LogP contribution in [0.25, 0.3) is 0 Å². The van der Waals surface area contributed by atoms with Gasteiger partial charge in [0.1, 0.15) is 5.78 Å². The number of Topliss-reactive ketones (excluding diaryl/α,β-unsaturated/α-hetero) is 1. The number of unbranched alkanes of at least 4 members (excludes halogenated alkanes) is 1. The highest BCUT2D eigenvalue weighted by Crippen LogP contribution is 2.22. The first-order chi connectivity index (χ1) is 5.83. The van der Waals surface area contributed by atoms with Crippen molar-refractivity contribution >= 4 is 5.78 Å². The molecular formula is C11H18O. The topological polar surface area (TPSA) is 17.1 Å². The number of ketones is 1. The monoisotopic (exact) mass is 166 g/mol. The molecule has 0 unspecified atom stereocenters. The summed E-state index contributed by atoms with van der Waals surface area (Å²) in [7, 11) is 0. The van der Waals surface area contributed by atoms with Crippen LogP contribution in [-0.2, 0) is 4.79 Å². The van der Waals surface area contributed by atoms with E-state index >= 15 is 0 Å². The largest absolute Gasteiger partial charge is 0.300 e. The average molecular weight is 166 g/mol. The molecule has 0 aromatic carbocycles. The van der Waals surface area contributed by atoms with E-state index in [1.54, 1.807) is 0 Å². The molecule has 1 aliphatic carbocycles. The van der Waals surface area contributed by atoms with E-state index in [0.717, 1.165) is 25.7 Å². The van der Waals surface area contributed by atoms with E-state index in [9.17, 15) is 4.79 Å². The summed E-state index contributed by atoms with van der Waals surface area (Å²) in [5.74, 6) is 1.14. The molecule has 0 N–H and O–H groups in total. The minimum absolute atomic E-state index is 0.454. The van der Waals surface area contributed by atoms with Gasteiger partial charge in [0.25, 0.3) is 0 Å². The number of rotatable bonds is 3. The normalized spacial score (nSPS) is 20.6. The Kier molecular flexibility index (Phi) is 4.06. The van der Waals surface area contributed by atoms with Crippen molar-refractivity contribution in [3.63, 3.8) is 0 Å². The number of hydrogen-bond donors (Lipinski definition) is 0. The minimum atomic E-state index is 0.454. The second-order valence-electron chi connectivity index (χ2n) is 3.59. The van der Waals surface area contributed by atoms with Crippen molar-refractivity contribution in [2.75, 3.05) is 0 Å². The van der Waals surface area contributed by atoms with Crippen LogP contribution in [0.3, 0.4) is 0 Å². The zero-order valence-electron chi connectivity index (χ0n) is 7.88. The Morgan fingerprint density at radius 3 is 2.67 bits per heavy atom. The first kappa shape index (κ1) is 9.50. The van der Waals surface area contributed by atoms with E-state index in [4.69, 9.17) is 0 Å². The van der Waals surface area contributed by atoms with Crippen molar-refractivity contribution in [3.05, 3.63) is 12.2 Å². The zero-order chi connectivity index (χ0) is 8.81. The Bertz CT molecular complexity index is 160. The lowest BCUT2D eigenvalue weighted by atomic mass is 9.88. The SMILES string of the molecule is CCC/C=C/C1CCC(=O)CC1. The van der Waals surface area contributed by atoms with E-state index < -0.39 is 0 Å². The number of carbonyl (C=O) groups is 1. The molecule has 1 aliphatic rings. The Labute approximate surface area is 74.9 Å². The summed E-state index contributed by atoms with van der Waals surface area (Å²) in [6, 6.07) is 0. The molecule has 0 aromatic heterocycles. The minimum Gasteiger partial charge on any atom is -0.300 e. The quantitative estimate of drug-likeness (QED) is 0.589. The van der Waals surface area contributed by atoms with Crippen LogP contribution in [0.15, 0.2) is 12.2 Å². The molecule has 1 fully saturated rings. The number of hydrogen-bond acceptors (Lipinski definition) is 1. The summed E-state index contributed by atoms with van der Waals surface area (Å²) in [4.78, 5) is 10.9. The Morgan fingerprint density at radius 1 is 1.42 bits per heavy atom. The molecule has 0 amide bonds. The smallest absolute Gasteiger partial charge is 0.132 e. The average Bonchev–Trinajstić information content (AvgIpc) is 2.09. The van der Waals surface area contributed by atoms with Gasteiger partial charge in [-0.15, -0.1) is 0 Å². The lowest BCUT2D eigenvalue weighted by Crippen LogP contribution is -2.11. The van der Waals surface area contributed by atoms with E-state index in [1.807, 2.05) is 0 Å². The number of allylic oxidation sites excluding steroid dienone is 2. The fraction of sp³-hybridized carbons (Fsp3) is 0.727. The maximum absolute atomic E-state index is 10.9. The zero-order valence-corrected chi connectivity index (χ0v) is 7.88. The van der Waals surface area contributed by atoms with E-state index in [1.165, 1.54) is 12.8 Å². The molecule has 0 bridgehead atoms. The standard InChI is InChI=1S/C11H18O/c1-2-3-4-5-10-6-8-11(12)9-7-10/h4-5,10H,2-3,6-9H2,1H3/b5-4+. The molecule has 0 radical (unpaired) electrons. The van der Waals surface area contributed by atoms with Crippen LogP contribution >= 0.6 is 0 Å². The highest BCUT2D eigenvalue weighted by atomic mass is 16.1. The molecule has 0 spiro atoms. The van der Waals surface area contributed by atoms with Crippen LogP contribution in [0.4, 0.5) is 0 Å². The molecule has 0 saturated heterocycles. The summed E-state index contributed by atoms with van der Waals surface area (Å²) in [5, 5.41) is 0. The summed E-state index contributed by atoms with van der Waals surface area (Å²) < 4.78 is 0. The van der Waals surface area contributed by atoms with Crippen molar-refractivity contribution in [3.8, 4) is 0 Å². The van der Waals surface area contributed by atoms with Crippen molar-refractivity contribution in [1.82, 2.24) is 0 Å². The second kappa shape index (κ2) is 5.13. The molecule has 12 heavy (non-hydrogen) atoms. The van der Waals surface area contributed by atoms with Crippen molar-refractivity contribution < 1.29 is 4.79 Å². The van der Waals surface area contributed by atoms with Crippen molar-refractivity contribution in [1.29, 1.82) is 0 Å². The van der Waals surface area contributed by atoms with E-state index in [0.29, 0.717) is 11.7 Å². The third kappa shape index (κ3) is 3.21. The Hall–Kier alpha value is -0.590. The molecule has 68 valence electrons. The maximum Gasteiger partial charge on any atom is 0.132 e. The Balaban J connectivity index is 2.21. The van der Waals surface area contributed by atoms with Gasteiger partial charge in [-0.2, -0.15) is 0 Å². The Morgan fingerprint density at radius 2 is 2.08 bits per heavy atom. The first-order valence-corrected chi connectivity index (χ1v) is 5.01. The summed E-state index contributed by atoms with van der Waals surface area (Å²) in [5.41, 5.74) is 0. The van der Waals surface area contributed by atoms with Crippen LogP contribution in [-0.4, -0.2) is 5.78 Å². The summed E-state index contributed by atoms with van der Waals surface area (Å²) >= 11 is 0. The molecule has 1 saturated carbocycles. The molecule has 0 heterocycles.